The van der Waals surface area contributed by atoms with Crippen molar-refractivity contribution >= 4 is 17.8 Å². The molecule has 1 saturated heterocycles. The Hall–Kier alpha value is -2.38. The summed E-state index contributed by atoms with van der Waals surface area (Å²) in [4.78, 5) is 35.6. The van der Waals surface area contributed by atoms with Gasteiger partial charge in [0.15, 0.2) is 5.69 Å². The number of carbonyl (C=O) groups is 3. The Kier molecular flexibility index (Phi) is 5.13. The highest BCUT2D eigenvalue weighted by atomic mass is 16.5. The number of ether oxygens (including phenoxy) is 1. The zero-order valence-electron chi connectivity index (χ0n) is 12.7. The zero-order valence-corrected chi connectivity index (χ0v) is 12.7. The molecule has 120 valence electrons. The smallest absolute Gasteiger partial charge is 0.305 e. The second-order valence-electron chi connectivity index (χ2n) is 5.05. The summed E-state index contributed by atoms with van der Waals surface area (Å²) in [5, 5.41) is 6.49. The molecule has 8 nitrogen and oxygen atoms in total. The van der Waals surface area contributed by atoms with Crippen LogP contribution >= 0.6 is 0 Å². The molecule has 8 heteroatoms. The number of hydrazine groups is 1. The minimum Gasteiger partial charge on any atom is -0.469 e. The van der Waals surface area contributed by atoms with E-state index in [1.807, 2.05) is 0 Å². The van der Waals surface area contributed by atoms with E-state index in [-0.39, 0.29) is 36.3 Å². The van der Waals surface area contributed by atoms with Crippen molar-refractivity contribution in [2.45, 2.75) is 32.6 Å². The second-order valence-corrected chi connectivity index (χ2v) is 5.05. The van der Waals surface area contributed by atoms with Crippen LogP contribution in [0.4, 0.5) is 0 Å². The van der Waals surface area contributed by atoms with E-state index >= 15 is 0 Å². The molecule has 0 bridgehead atoms. The Labute approximate surface area is 127 Å². The van der Waals surface area contributed by atoms with Crippen LogP contribution in [0.25, 0.3) is 0 Å². The van der Waals surface area contributed by atoms with Gasteiger partial charge in [0.25, 0.3) is 5.91 Å². The van der Waals surface area contributed by atoms with Crippen LogP contribution in [0.15, 0.2) is 10.6 Å². The third kappa shape index (κ3) is 3.63. The molecule has 2 rings (SSSR count). The summed E-state index contributed by atoms with van der Waals surface area (Å²) in [6.45, 7) is 2.65. The Balaban J connectivity index is 1.93. The van der Waals surface area contributed by atoms with Gasteiger partial charge in [-0.2, -0.15) is 0 Å². The third-order valence-corrected chi connectivity index (χ3v) is 3.40. The van der Waals surface area contributed by atoms with Crippen LogP contribution in [0.2, 0.25) is 0 Å². The molecule has 0 saturated carbocycles. The van der Waals surface area contributed by atoms with Crippen molar-refractivity contribution in [3.63, 3.8) is 0 Å². The van der Waals surface area contributed by atoms with E-state index in [2.05, 4.69) is 9.89 Å². The minimum absolute atomic E-state index is 0.185. The van der Waals surface area contributed by atoms with Crippen molar-refractivity contribution in [2.24, 2.45) is 0 Å². The van der Waals surface area contributed by atoms with Gasteiger partial charge in [-0.3, -0.25) is 19.4 Å². The Morgan fingerprint density at radius 2 is 2.00 bits per heavy atom. The van der Waals surface area contributed by atoms with E-state index < -0.39 is 0 Å². The second kappa shape index (κ2) is 7.06. The number of aromatic nitrogens is 1. The van der Waals surface area contributed by atoms with Gasteiger partial charge >= 0.3 is 5.97 Å². The van der Waals surface area contributed by atoms with Gasteiger partial charge in [-0.05, 0) is 19.8 Å². The molecule has 0 aromatic carbocycles. The fourth-order valence-corrected chi connectivity index (χ4v) is 2.30. The largest absolute Gasteiger partial charge is 0.469 e. The average Bonchev–Trinajstić information content (AvgIpc) is 3.14. The van der Waals surface area contributed by atoms with E-state index in [0.717, 1.165) is 0 Å². The molecule has 1 fully saturated rings. The molecule has 0 N–H and O–H groups in total. The highest BCUT2D eigenvalue weighted by Gasteiger charge is 2.32. The van der Waals surface area contributed by atoms with Crippen molar-refractivity contribution in [2.75, 3.05) is 20.2 Å². The number of rotatable bonds is 5. The third-order valence-electron chi connectivity index (χ3n) is 3.40. The number of esters is 1. The first-order valence-electron chi connectivity index (χ1n) is 7.15. The minimum atomic E-state index is -0.351. The van der Waals surface area contributed by atoms with Gasteiger partial charge < -0.3 is 9.26 Å². The molecule has 1 aliphatic rings. The van der Waals surface area contributed by atoms with Gasteiger partial charge in [0, 0.05) is 32.0 Å². The molecule has 2 heterocycles. The lowest BCUT2D eigenvalue weighted by molar-refractivity contribution is -0.142. The van der Waals surface area contributed by atoms with Crippen LogP contribution in [-0.4, -0.2) is 53.2 Å². The maximum Gasteiger partial charge on any atom is 0.305 e. The first-order valence-corrected chi connectivity index (χ1v) is 7.15. The Morgan fingerprint density at radius 1 is 1.27 bits per heavy atom. The number of methoxy groups -OCH3 is 1. The van der Waals surface area contributed by atoms with E-state index in [1.165, 1.54) is 17.1 Å². The number of hydrogen-bond donors (Lipinski definition) is 0. The van der Waals surface area contributed by atoms with Crippen LogP contribution < -0.4 is 0 Å². The molecule has 0 spiro atoms. The predicted molar refractivity (Wildman–Crippen MR) is 74.5 cm³/mol. The summed E-state index contributed by atoms with van der Waals surface area (Å²) in [6, 6.07) is 1.54. The van der Waals surface area contributed by atoms with Crippen LogP contribution in [-0.2, 0) is 14.3 Å². The summed E-state index contributed by atoms with van der Waals surface area (Å²) >= 11 is 0. The highest BCUT2D eigenvalue weighted by Crippen LogP contribution is 2.17. The van der Waals surface area contributed by atoms with Crippen molar-refractivity contribution in [1.29, 1.82) is 0 Å². The summed E-state index contributed by atoms with van der Waals surface area (Å²) in [7, 11) is 1.31. The van der Waals surface area contributed by atoms with E-state index in [0.29, 0.717) is 31.7 Å². The quantitative estimate of drug-likeness (QED) is 0.751. The lowest BCUT2D eigenvalue weighted by Gasteiger charge is -2.27. The summed E-state index contributed by atoms with van der Waals surface area (Å²) < 4.78 is 9.42. The van der Waals surface area contributed by atoms with Crippen LogP contribution in [0, 0.1) is 6.92 Å². The molecule has 1 aliphatic heterocycles. The maximum absolute atomic E-state index is 12.3. The fourth-order valence-electron chi connectivity index (χ4n) is 2.30. The summed E-state index contributed by atoms with van der Waals surface area (Å²) in [5.41, 5.74) is 0.187. The fraction of sp³-hybridized carbons (Fsp3) is 0.571. The number of amides is 2. The van der Waals surface area contributed by atoms with Gasteiger partial charge in [-0.25, -0.2) is 5.01 Å². The summed E-state index contributed by atoms with van der Waals surface area (Å²) in [6.07, 6.45) is 1.49. The Morgan fingerprint density at radius 3 is 2.64 bits per heavy atom. The molecular weight excluding hydrogens is 290 g/mol. The van der Waals surface area contributed by atoms with E-state index in [1.54, 1.807) is 13.0 Å². The van der Waals surface area contributed by atoms with Crippen molar-refractivity contribution in [1.82, 2.24) is 15.2 Å². The molecule has 1 aromatic rings. The standard InChI is InChI=1S/C14H19N3O5/c1-10-9-11(15-22-10)14(20)17-8-4-7-16(17)12(18)5-3-6-13(19)21-2/h9H,3-8H2,1-2H3. The average molecular weight is 309 g/mol. The SMILES string of the molecule is COC(=O)CCCC(=O)N1CCCN1C(=O)c1cc(C)on1. The number of nitrogens with zero attached hydrogens (tertiary/aromatic N) is 3. The van der Waals surface area contributed by atoms with Crippen LogP contribution in [0.5, 0.6) is 0 Å². The Bertz CT molecular complexity index is 569. The first-order chi connectivity index (χ1) is 10.5. The van der Waals surface area contributed by atoms with Gasteiger partial charge in [-0.15, -0.1) is 0 Å². The van der Waals surface area contributed by atoms with E-state index in [9.17, 15) is 14.4 Å². The highest BCUT2D eigenvalue weighted by molar-refractivity contribution is 5.94. The predicted octanol–water partition coefficient (Wildman–Crippen LogP) is 0.916. The molecule has 2 amide bonds. The normalized spacial score (nSPS) is 14.3. The number of hydrogen-bond acceptors (Lipinski definition) is 6. The maximum atomic E-state index is 12.3. The molecule has 0 atom stereocenters. The molecule has 1 aromatic heterocycles. The first kappa shape index (κ1) is 16.0. The zero-order chi connectivity index (χ0) is 16.1. The van der Waals surface area contributed by atoms with Crippen molar-refractivity contribution < 1.29 is 23.6 Å². The molecule has 22 heavy (non-hydrogen) atoms. The monoisotopic (exact) mass is 309 g/mol. The van der Waals surface area contributed by atoms with Gasteiger partial charge in [0.1, 0.15) is 5.76 Å². The number of carbonyl (C=O) groups excluding carboxylic acids is 3. The lowest BCUT2D eigenvalue weighted by atomic mass is 10.2. The van der Waals surface area contributed by atoms with E-state index in [4.69, 9.17) is 4.52 Å². The lowest BCUT2D eigenvalue weighted by Crippen LogP contribution is -2.44. The topological polar surface area (TPSA) is 93.0 Å². The van der Waals surface area contributed by atoms with Crippen LogP contribution in [0.3, 0.4) is 0 Å². The van der Waals surface area contributed by atoms with Gasteiger partial charge in [-0.1, -0.05) is 5.16 Å². The number of aryl methyl sites for hydroxylation is 1. The molecular formula is C14H19N3O5. The van der Waals surface area contributed by atoms with Gasteiger partial charge in [0.05, 0.1) is 7.11 Å². The summed E-state index contributed by atoms with van der Waals surface area (Å²) in [5.74, 6) is -0.343. The van der Waals surface area contributed by atoms with Crippen molar-refractivity contribution in [3.8, 4) is 0 Å². The van der Waals surface area contributed by atoms with Crippen LogP contribution in [0.1, 0.15) is 41.9 Å². The molecule has 0 unspecified atom stereocenters. The molecule has 0 aliphatic carbocycles. The molecule has 0 radical (unpaired) electrons. The van der Waals surface area contributed by atoms with Gasteiger partial charge in [0.2, 0.25) is 5.91 Å². The van der Waals surface area contributed by atoms with Crippen molar-refractivity contribution in [3.05, 3.63) is 17.5 Å².